The summed E-state index contributed by atoms with van der Waals surface area (Å²) in [6.45, 7) is 0. The van der Waals surface area contributed by atoms with Gasteiger partial charge in [0.25, 0.3) is 0 Å². The average molecular weight is 364 g/mol. The van der Waals surface area contributed by atoms with Gasteiger partial charge in [0.1, 0.15) is 17.3 Å². The number of aromatic hydroxyl groups is 2. The Labute approximate surface area is 152 Å². The summed E-state index contributed by atoms with van der Waals surface area (Å²) in [5, 5.41) is 20.4. The third-order valence-corrected chi connectivity index (χ3v) is 5.43. The number of carbonyl (C=O) groups is 1. The fraction of sp³-hybridized carbons (Fsp3) is 0. The van der Waals surface area contributed by atoms with E-state index in [-0.39, 0.29) is 17.3 Å². The lowest BCUT2D eigenvalue weighted by molar-refractivity contribution is 0.112. The van der Waals surface area contributed by atoms with Crippen LogP contribution in [0.15, 0.2) is 60.7 Å². The zero-order valence-corrected chi connectivity index (χ0v) is 14.3. The first kappa shape index (κ1) is 16.3. The van der Waals surface area contributed by atoms with E-state index in [1.807, 2.05) is 0 Å². The van der Waals surface area contributed by atoms with Gasteiger partial charge >= 0.3 is 0 Å². The minimum Gasteiger partial charge on any atom is -0.508 e. The number of fused-ring (bicyclic) bond motifs is 1. The van der Waals surface area contributed by atoms with Gasteiger partial charge in [0.2, 0.25) is 0 Å². The number of benzene rings is 3. The second-order valence-electron chi connectivity index (χ2n) is 5.88. The highest BCUT2D eigenvalue weighted by molar-refractivity contribution is 7.22. The average Bonchev–Trinajstić information content (AvgIpc) is 2.99. The van der Waals surface area contributed by atoms with Gasteiger partial charge in [0, 0.05) is 26.1 Å². The molecule has 0 radical (unpaired) electrons. The maximum Gasteiger partial charge on any atom is 0.152 e. The highest BCUT2D eigenvalue weighted by atomic mass is 32.1. The molecule has 128 valence electrons. The molecule has 26 heavy (non-hydrogen) atoms. The lowest BCUT2D eigenvalue weighted by atomic mass is 9.96. The molecule has 4 aromatic rings. The molecular weight excluding hydrogens is 351 g/mol. The van der Waals surface area contributed by atoms with Crippen molar-refractivity contribution in [1.82, 2.24) is 0 Å². The Balaban J connectivity index is 2.01. The maximum atomic E-state index is 13.3. The molecule has 5 heteroatoms. The van der Waals surface area contributed by atoms with Crippen LogP contribution in [0.3, 0.4) is 0 Å². The Kier molecular flexibility index (Phi) is 3.93. The van der Waals surface area contributed by atoms with Gasteiger partial charge in [-0.3, -0.25) is 4.79 Å². The van der Waals surface area contributed by atoms with Gasteiger partial charge in [-0.1, -0.05) is 12.1 Å². The van der Waals surface area contributed by atoms with E-state index in [0.29, 0.717) is 11.1 Å². The smallest absolute Gasteiger partial charge is 0.152 e. The molecule has 0 fully saturated rings. The predicted octanol–water partition coefficient (Wildman–Crippen LogP) is 5.60. The van der Waals surface area contributed by atoms with Crippen LogP contribution in [0.2, 0.25) is 0 Å². The molecular formula is C21H13FO3S. The van der Waals surface area contributed by atoms with Crippen molar-refractivity contribution in [2.45, 2.75) is 0 Å². The molecule has 0 bridgehead atoms. The summed E-state index contributed by atoms with van der Waals surface area (Å²) >= 11 is 1.39. The zero-order valence-electron chi connectivity index (χ0n) is 13.4. The van der Waals surface area contributed by atoms with E-state index in [0.717, 1.165) is 32.4 Å². The van der Waals surface area contributed by atoms with E-state index in [1.54, 1.807) is 48.5 Å². The normalized spacial score (nSPS) is 11.0. The first-order chi connectivity index (χ1) is 12.6. The van der Waals surface area contributed by atoms with E-state index >= 15 is 0 Å². The number of thiophene rings is 1. The summed E-state index contributed by atoms with van der Waals surface area (Å²) in [4.78, 5) is 12.5. The highest BCUT2D eigenvalue weighted by Crippen LogP contribution is 2.43. The van der Waals surface area contributed by atoms with Crippen molar-refractivity contribution >= 4 is 27.7 Å². The molecule has 0 aliphatic carbocycles. The van der Waals surface area contributed by atoms with Crippen LogP contribution < -0.4 is 0 Å². The van der Waals surface area contributed by atoms with Crippen molar-refractivity contribution in [1.29, 1.82) is 0 Å². The van der Waals surface area contributed by atoms with E-state index in [2.05, 4.69) is 0 Å². The molecule has 0 unspecified atom stereocenters. The Morgan fingerprint density at radius 2 is 1.54 bits per heavy atom. The van der Waals surface area contributed by atoms with Crippen LogP contribution in [0.1, 0.15) is 10.4 Å². The molecule has 0 aliphatic rings. The molecule has 3 aromatic carbocycles. The zero-order chi connectivity index (χ0) is 18.3. The third-order valence-electron chi connectivity index (χ3n) is 4.23. The van der Waals surface area contributed by atoms with Gasteiger partial charge in [-0.15, -0.1) is 11.3 Å². The second kappa shape index (κ2) is 6.28. The number of hydrogen-bond donors (Lipinski definition) is 2. The molecule has 2 N–H and O–H groups in total. The van der Waals surface area contributed by atoms with Crippen LogP contribution in [0.5, 0.6) is 11.5 Å². The number of phenolic OH excluding ortho intramolecular Hbond substituents is 2. The van der Waals surface area contributed by atoms with Gasteiger partial charge in [-0.05, 0) is 59.7 Å². The van der Waals surface area contributed by atoms with Crippen LogP contribution >= 0.6 is 11.3 Å². The number of aldehydes is 1. The number of hydrogen-bond acceptors (Lipinski definition) is 4. The second-order valence-corrected chi connectivity index (χ2v) is 6.93. The third kappa shape index (κ3) is 2.72. The lowest BCUT2D eigenvalue weighted by Crippen LogP contribution is -1.87. The summed E-state index contributed by atoms with van der Waals surface area (Å²) < 4.78 is 14.1. The maximum absolute atomic E-state index is 13.3. The minimum absolute atomic E-state index is 0.0829. The Bertz CT molecular complexity index is 1130. The van der Waals surface area contributed by atoms with E-state index in [9.17, 15) is 19.4 Å². The summed E-state index contributed by atoms with van der Waals surface area (Å²) in [7, 11) is 0. The quantitative estimate of drug-likeness (QED) is 0.465. The molecule has 0 aliphatic heterocycles. The van der Waals surface area contributed by atoms with Crippen LogP contribution in [-0.2, 0) is 0 Å². The number of phenols is 2. The molecule has 0 atom stereocenters. The monoisotopic (exact) mass is 364 g/mol. The van der Waals surface area contributed by atoms with E-state index in [1.165, 1.54) is 23.5 Å². The van der Waals surface area contributed by atoms with Crippen LogP contribution in [-0.4, -0.2) is 16.5 Å². The van der Waals surface area contributed by atoms with Crippen LogP contribution in [0.25, 0.3) is 31.7 Å². The topological polar surface area (TPSA) is 57.5 Å². The van der Waals surface area contributed by atoms with Gasteiger partial charge in [0.15, 0.2) is 6.29 Å². The molecule has 0 saturated heterocycles. The molecule has 3 nitrogen and oxygen atoms in total. The summed E-state index contributed by atoms with van der Waals surface area (Å²) in [6, 6.07) is 15.7. The Morgan fingerprint density at radius 1 is 0.846 bits per heavy atom. The Hall–Kier alpha value is -3.18. The number of rotatable bonds is 3. The largest absolute Gasteiger partial charge is 0.508 e. The molecule has 0 amide bonds. The summed E-state index contributed by atoms with van der Waals surface area (Å²) in [6.07, 6.45) is 0.798. The lowest BCUT2D eigenvalue weighted by Gasteiger charge is -2.10. The van der Waals surface area contributed by atoms with E-state index < -0.39 is 0 Å². The fourth-order valence-corrected chi connectivity index (χ4v) is 4.26. The first-order valence-electron chi connectivity index (χ1n) is 7.87. The van der Waals surface area contributed by atoms with Gasteiger partial charge in [-0.25, -0.2) is 4.39 Å². The summed E-state index contributed by atoms with van der Waals surface area (Å²) in [5.41, 5.74) is 2.72. The van der Waals surface area contributed by atoms with Gasteiger partial charge in [0.05, 0.1) is 0 Å². The van der Waals surface area contributed by atoms with E-state index in [4.69, 9.17) is 0 Å². The van der Waals surface area contributed by atoms with Crippen molar-refractivity contribution in [2.24, 2.45) is 0 Å². The highest BCUT2D eigenvalue weighted by Gasteiger charge is 2.18. The van der Waals surface area contributed by atoms with Gasteiger partial charge < -0.3 is 10.2 Å². The van der Waals surface area contributed by atoms with Crippen LogP contribution in [0.4, 0.5) is 4.39 Å². The van der Waals surface area contributed by atoms with Crippen molar-refractivity contribution in [3.63, 3.8) is 0 Å². The standard InChI is InChI=1S/C21H13FO3S/c22-13-3-1-12(2-4-13)18-9-14(24)6-8-17(18)21-19(11-23)16-7-5-15(25)10-20(16)26-21/h1-11,24-25H. The molecule has 0 spiro atoms. The number of halogens is 1. The molecule has 0 saturated carbocycles. The minimum atomic E-state index is -0.346. The fourth-order valence-electron chi connectivity index (χ4n) is 3.02. The van der Waals surface area contributed by atoms with Crippen molar-refractivity contribution in [2.75, 3.05) is 0 Å². The first-order valence-corrected chi connectivity index (χ1v) is 8.68. The molecule has 4 rings (SSSR count). The predicted molar refractivity (Wildman–Crippen MR) is 101 cm³/mol. The van der Waals surface area contributed by atoms with Crippen molar-refractivity contribution < 1.29 is 19.4 Å². The van der Waals surface area contributed by atoms with Crippen molar-refractivity contribution in [3.05, 3.63) is 72.0 Å². The number of carbonyl (C=O) groups excluding carboxylic acids is 1. The van der Waals surface area contributed by atoms with Crippen molar-refractivity contribution in [3.8, 4) is 33.1 Å². The Morgan fingerprint density at radius 3 is 2.27 bits per heavy atom. The molecule has 1 heterocycles. The molecule has 1 aromatic heterocycles. The summed E-state index contributed by atoms with van der Waals surface area (Å²) in [5.74, 6) is -0.131. The van der Waals surface area contributed by atoms with Crippen LogP contribution in [0, 0.1) is 5.82 Å². The van der Waals surface area contributed by atoms with Gasteiger partial charge in [-0.2, -0.15) is 0 Å². The SMILES string of the molecule is O=Cc1c(-c2ccc(O)cc2-c2ccc(F)cc2)sc2cc(O)ccc12.